The Morgan fingerprint density at radius 1 is 1.29 bits per heavy atom. The van der Waals surface area contributed by atoms with Gasteiger partial charge in [-0.3, -0.25) is 0 Å². The molecule has 0 spiro atoms. The van der Waals surface area contributed by atoms with Crippen LogP contribution in [0, 0.1) is 0 Å². The third kappa shape index (κ3) is 2.26. The molecule has 7 heteroatoms. The maximum absolute atomic E-state index is 12.8. The summed E-state index contributed by atoms with van der Waals surface area (Å²) in [5, 5.41) is 9.51. The molecule has 1 aromatic heterocycles. The molecule has 3 rings (SSSR count). The summed E-state index contributed by atoms with van der Waals surface area (Å²) in [5.41, 5.74) is -1.10. The van der Waals surface area contributed by atoms with Crippen LogP contribution in [-0.2, 0) is 17.9 Å². The lowest BCUT2D eigenvalue weighted by Gasteiger charge is -2.44. The lowest BCUT2D eigenvalue weighted by Crippen LogP contribution is -2.61. The highest BCUT2D eigenvalue weighted by Crippen LogP contribution is 2.30. The number of imidazole rings is 1. The molecule has 1 unspecified atom stereocenters. The molecule has 7 nitrogen and oxygen atoms in total. The smallest absolute Gasteiger partial charge is 0.329 e. The standard InChI is InChI=1S/C14H20N4O3/c1-14(12(19)20)4-2-3-6-18(14)13(21)17-9-8-16-7-5-15-11(16)10-17/h5,7H,2-4,6,8-10H2,1H3,(H,19,20). The molecular weight excluding hydrogens is 272 g/mol. The zero-order valence-electron chi connectivity index (χ0n) is 12.2. The first kappa shape index (κ1) is 13.9. The van der Waals surface area contributed by atoms with E-state index in [1.165, 1.54) is 4.90 Å². The molecule has 1 aromatic rings. The fourth-order valence-electron chi connectivity index (χ4n) is 3.16. The highest BCUT2D eigenvalue weighted by atomic mass is 16.4. The van der Waals surface area contributed by atoms with Gasteiger partial charge in [-0.2, -0.15) is 0 Å². The predicted octanol–water partition coefficient (Wildman–Crippen LogP) is 1.15. The molecule has 0 aliphatic carbocycles. The second-order valence-corrected chi connectivity index (χ2v) is 5.93. The van der Waals surface area contributed by atoms with Gasteiger partial charge in [0.15, 0.2) is 0 Å². The molecule has 1 atom stereocenters. The number of aliphatic carboxylic acids is 1. The Morgan fingerprint density at radius 3 is 2.86 bits per heavy atom. The van der Waals surface area contributed by atoms with Crippen LogP contribution in [-0.4, -0.2) is 55.1 Å². The van der Waals surface area contributed by atoms with Crippen LogP contribution in [0.15, 0.2) is 12.4 Å². The molecular formula is C14H20N4O3. The van der Waals surface area contributed by atoms with Crippen LogP contribution in [0.4, 0.5) is 4.79 Å². The summed E-state index contributed by atoms with van der Waals surface area (Å²) >= 11 is 0. The van der Waals surface area contributed by atoms with E-state index in [4.69, 9.17) is 0 Å². The summed E-state index contributed by atoms with van der Waals surface area (Å²) in [6.07, 6.45) is 5.84. The topological polar surface area (TPSA) is 78.7 Å². The van der Waals surface area contributed by atoms with Gasteiger partial charge in [0.25, 0.3) is 0 Å². The van der Waals surface area contributed by atoms with Gasteiger partial charge in [0, 0.05) is 32.0 Å². The fraction of sp³-hybridized carbons (Fsp3) is 0.643. The van der Waals surface area contributed by atoms with E-state index >= 15 is 0 Å². The molecule has 2 amide bonds. The molecule has 1 fully saturated rings. The number of carboxylic acid groups (broad SMARTS) is 1. The largest absolute Gasteiger partial charge is 0.480 e. The van der Waals surface area contributed by atoms with Crippen LogP contribution in [0.5, 0.6) is 0 Å². The fourth-order valence-corrected chi connectivity index (χ4v) is 3.16. The van der Waals surface area contributed by atoms with Crippen molar-refractivity contribution < 1.29 is 14.7 Å². The Labute approximate surface area is 123 Å². The minimum absolute atomic E-state index is 0.186. The van der Waals surface area contributed by atoms with E-state index in [-0.39, 0.29) is 6.03 Å². The molecule has 1 saturated heterocycles. The zero-order valence-corrected chi connectivity index (χ0v) is 12.2. The Kier molecular flexibility index (Phi) is 3.35. The van der Waals surface area contributed by atoms with Gasteiger partial charge in [0.1, 0.15) is 11.4 Å². The van der Waals surface area contributed by atoms with Crippen LogP contribution in [0.3, 0.4) is 0 Å². The molecule has 2 aliphatic rings. The van der Waals surface area contributed by atoms with Crippen molar-refractivity contribution in [3.63, 3.8) is 0 Å². The predicted molar refractivity (Wildman–Crippen MR) is 74.6 cm³/mol. The van der Waals surface area contributed by atoms with E-state index in [2.05, 4.69) is 4.98 Å². The molecule has 21 heavy (non-hydrogen) atoms. The van der Waals surface area contributed by atoms with Crippen LogP contribution in [0.25, 0.3) is 0 Å². The molecule has 1 N–H and O–H groups in total. The number of hydrogen-bond acceptors (Lipinski definition) is 3. The van der Waals surface area contributed by atoms with Crippen LogP contribution in [0.2, 0.25) is 0 Å². The van der Waals surface area contributed by atoms with Crippen molar-refractivity contribution in [2.45, 2.75) is 44.8 Å². The second kappa shape index (κ2) is 5.05. The number of rotatable bonds is 1. The van der Waals surface area contributed by atoms with E-state index in [0.717, 1.165) is 18.7 Å². The summed E-state index contributed by atoms with van der Waals surface area (Å²) in [6.45, 7) is 3.90. The normalized spacial score (nSPS) is 25.6. The average Bonchev–Trinajstić information content (AvgIpc) is 2.94. The van der Waals surface area contributed by atoms with Crippen molar-refractivity contribution in [1.29, 1.82) is 0 Å². The molecule has 3 heterocycles. The lowest BCUT2D eigenvalue weighted by atomic mass is 9.89. The Balaban J connectivity index is 1.80. The number of urea groups is 1. The molecule has 114 valence electrons. The van der Waals surface area contributed by atoms with E-state index in [9.17, 15) is 14.7 Å². The third-order valence-electron chi connectivity index (χ3n) is 4.60. The van der Waals surface area contributed by atoms with Crippen molar-refractivity contribution in [2.75, 3.05) is 13.1 Å². The second-order valence-electron chi connectivity index (χ2n) is 5.93. The molecule has 0 aromatic carbocycles. The first-order chi connectivity index (χ1) is 10.0. The van der Waals surface area contributed by atoms with Gasteiger partial charge in [-0.25, -0.2) is 14.6 Å². The van der Waals surface area contributed by atoms with Gasteiger partial charge in [0.2, 0.25) is 0 Å². The third-order valence-corrected chi connectivity index (χ3v) is 4.60. The Hall–Kier alpha value is -2.05. The summed E-state index contributed by atoms with van der Waals surface area (Å²) in [7, 11) is 0. The number of fused-ring (bicyclic) bond motifs is 1. The highest BCUT2D eigenvalue weighted by molar-refractivity contribution is 5.86. The van der Waals surface area contributed by atoms with Crippen LogP contribution < -0.4 is 0 Å². The lowest BCUT2D eigenvalue weighted by molar-refractivity contribution is -0.150. The zero-order chi connectivity index (χ0) is 15.0. The van der Waals surface area contributed by atoms with Crippen molar-refractivity contribution in [3.8, 4) is 0 Å². The first-order valence-corrected chi connectivity index (χ1v) is 7.32. The SMILES string of the molecule is CC1(C(=O)O)CCCCN1C(=O)N1CCn2ccnc2C1. The van der Waals surface area contributed by atoms with E-state index in [0.29, 0.717) is 32.6 Å². The van der Waals surface area contributed by atoms with E-state index < -0.39 is 11.5 Å². The van der Waals surface area contributed by atoms with Gasteiger partial charge >= 0.3 is 12.0 Å². The van der Waals surface area contributed by atoms with Crippen molar-refractivity contribution in [3.05, 3.63) is 18.2 Å². The maximum Gasteiger partial charge on any atom is 0.329 e. The number of carbonyl (C=O) groups is 2. The number of nitrogens with zero attached hydrogens (tertiary/aromatic N) is 4. The molecule has 2 aliphatic heterocycles. The summed E-state index contributed by atoms with van der Waals surface area (Å²) in [6, 6.07) is -0.186. The minimum Gasteiger partial charge on any atom is -0.480 e. The van der Waals surface area contributed by atoms with Crippen molar-refractivity contribution in [2.24, 2.45) is 0 Å². The van der Waals surface area contributed by atoms with Gasteiger partial charge in [-0.05, 0) is 26.2 Å². The van der Waals surface area contributed by atoms with Crippen LogP contribution >= 0.6 is 0 Å². The Bertz CT molecular complexity index is 570. The number of aromatic nitrogens is 2. The quantitative estimate of drug-likeness (QED) is 0.842. The number of piperidine rings is 1. The summed E-state index contributed by atoms with van der Waals surface area (Å²) in [5.74, 6) is -0.0716. The molecule has 0 bridgehead atoms. The summed E-state index contributed by atoms with van der Waals surface area (Å²) in [4.78, 5) is 31.8. The number of hydrogen-bond donors (Lipinski definition) is 1. The number of amides is 2. The van der Waals surface area contributed by atoms with Gasteiger partial charge in [-0.15, -0.1) is 0 Å². The average molecular weight is 292 g/mol. The first-order valence-electron chi connectivity index (χ1n) is 7.32. The molecule has 0 radical (unpaired) electrons. The number of carboxylic acids is 1. The van der Waals surface area contributed by atoms with Gasteiger partial charge in [-0.1, -0.05) is 0 Å². The minimum atomic E-state index is -1.10. The number of carbonyl (C=O) groups excluding carboxylic acids is 1. The van der Waals surface area contributed by atoms with Crippen molar-refractivity contribution in [1.82, 2.24) is 19.4 Å². The maximum atomic E-state index is 12.8. The highest BCUT2D eigenvalue weighted by Gasteiger charge is 2.45. The summed E-state index contributed by atoms with van der Waals surface area (Å²) < 4.78 is 2.02. The van der Waals surface area contributed by atoms with Gasteiger partial charge < -0.3 is 19.5 Å². The van der Waals surface area contributed by atoms with Crippen LogP contribution in [0.1, 0.15) is 32.0 Å². The van der Waals surface area contributed by atoms with E-state index in [1.54, 1.807) is 18.0 Å². The van der Waals surface area contributed by atoms with E-state index in [1.807, 2.05) is 10.8 Å². The molecule has 0 saturated carbocycles. The Morgan fingerprint density at radius 2 is 2.10 bits per heavy atom. The van der Waals surface area contributed by atoms with Crippen molar-refractivity contribution >= 4 is 12.0 Å². The monoisotopic (exact) mass is 292 g/mol. The van der Waals surface area contributed by atoms with Gasteiger partial charge in [0.05, 0.1) is 6.54 Å². The number of likely N-dealkylation sites (tertiary alicyclic amines) is 1.